The van der Waals surface area contributed by atoms with E-state index < -0.39 is 27.7 Å². The van der Waals surface area contributed by atoms with Crippen molar-refractivity contribution >= 4 is 28.5 Å². The number of pyridine rings is 1. The molecule has 0 radical (unpaired) electrons. The molecule has 1 heterocycles. The fourth-order valence-electron chi connectivity index (χ4n) is 3.14. The maximum absolute atomic E-state index is 13.1. The summed E-state index contributed by atoms with van der Waals surface area (Å²) < 4.78 is 62.3. The molecule has 166 valence electrons. The van der Waals surface area contributed by atoms with Crippen LogP contribution in [-0.4, -0.2) is 20.0 Å². The predicted octanol–water partition coefficient (Wildman–Crippen LogP) is 4.09. The van der Waals surface area contributed by atoms with E-state index in [1.807, 2.05) is 0 Å². The van der Waals surface area contributed by atoms with Crippen LogP contribution in [0.25, 0.3) is 0 Å². The van der Waals surface area contributed by atoms with Crippen molar-refractivity contribution in [3.8, 4) is 5.75 Å². The first-order valence-corrected chi connectivity index (χ1v) is 11.2. The van der Waals surface area contributed by atoms with Crippen LogP contribution in [0.4, 0.5) is 13.2 Å². The normalized spacial score (nSPS) is 18.1. The molecule has 1 aromatic heterocycles. The molecule has 1 atom stereocenters. The van der Waals surface area contributed by atoms with E-state index in [9.17, 15) is 17.4 Å². The second-order valence-electron chi connectivity index (χ2n) is 7.64. The fraction of sp³-hybridized carbons (Fsp3) is 0.400. The predicted molar refractivity (Wildman–Crippen MR) is 111 cm³/mol. The Morgan fingerprint density at radius 1 is 1.29 bits per heavy atom. The molecule has 6 nitrogen and oxygen atoms in total. The van der Waals surface area contributed by atoms with Crippen molar-refractivity contribution in [3.05, 3.63) is 57.7 Å². The third-order valence-corrected chi connectivity index (χ3v) is 6.84. The summed E-state index contributed by atoms with van der Waals surface area (Å²) in [6, 6.07) is 4.93. The third-order valence-electron chi connectivity index (χ3n) is 5.10. The van der Waals surface area contributed by atoms with Crippen molar-refractivity contribution in [2.75, 3.05) is 0 Å². The fourth-order valence-corrected chi connectivity index (χ4v) is 4.32. The van der Waals surface area contributed by atoms with E-state index in [0.717, 1.165) is 43.4 Å². The van der Waals surface area contributed by atoms with Crippen LogP contribution in [0.2, 0.25) is 5.02 Å². The lowest BCUT2D eigenvalue weighted by Gasteiger charge is -2.15. The van der Waals surface area contributed by atoms with Gasteiger partial charge in [-0.25, -0.2) is 4.21 Å². The van der Waals surface area contributed by atoms with Crippen molar-refractivity contribution < 1.29 is 22.1 Å². The number of nitrogens with one attached hydrogen (secondary N) is 1. The number of rotatable bonds is 6. The highest BCUT2D eigenvalue weighted by Crippen LogP contribution is 2.42. The van der Waals surface area contributed by atoms with E-state index >= 15 is 0 Å². The van der Waals surface area contributed by atoms with Gasteiger partial charge in [-0.2, -0.15) is 17.6 Å². The topological polar surface area (TPSA) is 93.5 Å². The molecule has 31 heavy (non-hydrogen) atoms. The van der Waals surface area contributed by atoms with Crippen molar-refractivity contribution in [3.63, 3.8) is 0 Å². The highest BCUT2D eigenvalue weighted by atomic mass is 35.5. The van der Waals surface area contributed by atoms with E-state index in [1.165, 1.54) is 10.6 Å². The molecule has 2 aliphatic carbocycles. The minimum Gasteiger partial charge on any atom is -0.489 e. The van der Waals surface area contributed by atoms with Crippen molar-refractivity contribution in [1.29, 1.82) is 5.41 Å². The summed E-state index contributed by atoms with van der Waals surface area (Å²) in [5, 5.41) is 7.91. The van der Waals surface area contributed by atoms with Gasteiger partial charge in [0, 0.05) is 6.20 Å². The first-order valence-electron chi connectivity index (χ1n) is 9.68. The first kappa shape index (κ1) is 21.9. The molecule has 2 saturated carbocycles. The molecule has 0 aliphatic heterocycles. The van der Waals surface area contributed by atoms with Gasteiger partial charge in [-0.1, -0.05) is 11.6 Å². The van der Waals surface area contributed by atoms with Gasteiger partial charge < -0.3 is 10.5 Å². The number of ether oxygens (including phenoxy) is 1. The standard InChI is InChI=1S/C20H20ClF3N4O2S/c21-17-6-3-13(8-16(17)20(22,23)24)30-10-12-7-18(25)28(9-15(12)11-1-2-11)19(26)27-31(29)14-4-5-14/h3,6-9,11,14,25H,1-2,4-5,10H2,(H2,26,27). The van der Waals surface area contributed by atoms with Gasteiger partial charge in [0.2, 0.25) is 5.96 Å². The summed E-state index contributed by atoms with van der Waals surface area (Å²) >= 11 is 5.65. The van der Waals surface area contributed by atoms with Crippen LogP contribution < -0.4 is 16.0 Å². The van der Waals surface area contributed by atoms with Crippen LogP contribution in [0.3, 0.4) is 0 Å². The Morgan fingerprint density at radius 3 is 2.61 bits per heavy atom. The number of aromatic nitrogens is 1. The summed E-state index contributed by atoms with van der Waals surface area (Å²) in [5.74, 6) is 0.267. The molecule has 2 aliphatic rings. The van der Waals surface area contributed by atoms with E-state index in [2.05, 4.69) is 4.40 Å². The smallest absolute Gasteiger partial charge is 0.417 e. The van der Waals surface area contributed by atoms with Gasteiger partial charge in [0.15, 0.2) is 0 Å². The number of halogens is 4. The molecule has 3 N–H and O–H groups in total. The average molecular weight is 473 g/mol. The molecular formula is C20H20ClF3N4O2S. The molecule has 0 amide bonds. The molecular weight excluding hydrogens is 453 g/mol. The zero-order valence-corrected chi connectivity index (χ0v) is 17.9. The monoisotopic (exact) mass is 472 g/mol. The van der Waals surface area contributed by atoms with Crippen LogP contribution in [-0.2, 0) is 23.8 Å². The number of nitrogens with zero attached hydrogens (tertiary/aromatic N) is 2. The Morgan fingerprint density at radius 2 is 2.00 bits per heavy atom. The Hall–Kier alpha value is -2.33. The molecule has 0 saturated heterocycles. The minimum atomic E-state index is -4.58. The van der Waals surface area contributed by atoms with Gasteiger partial charge in [-0.15, -0.1) is 0 Å². The van der Waals surface area contributed by atoms with Crippen LogP contribution in [0.5, 0.6) is 5.75 Å². The number of hydrogen-bond acceptors (Lipinski definition) is 3. The summed E-state index contributed by atoms with van der Waals surface area (Å²) in [6.07, 6.45) is 0.714. The Balaban J connectivity index is 1.59. The molecule has 0 bridgehead atoms. The zero-order chi connectivity index (χ0) is 22.3. The minimum absolute atomic E-state index is 0.0114. The summed E-state index contributed by atoms with van der Waals surface area (Å²) in [6.45, 7) is -0.0114. The molecule has 2 aromatic rings. The summed E-state index contributed by atoms with van der Waals surface area (Å²) in [5.41, 5.74) is 6.61. The lowest BCUT2D eigenvalue weighted by molar-refractivity contribution is -0.137. The van der Waals surface area contributed by atoms with Crippen LogP contribution in [0.1, 0.15) is 48.3 Å². The lowest BCUT2D eigenvalue weighted by Crippen LogP contribution is -2.34. The number of benzene rings is 1. The van der Waals surface area contributed by atoms with Gasteiger partial charge in [0.05, 0.1) is 15.8 Å². The quantitative estimate of drug-likeness (QED) is 0.490. The SMILES string of the molecule is N=c1cc(COc2ccc(Cl)c(C(F)(F)F)c2)c(C2CC2)cn1/C(N)=N/S(=O)C1CC1. The lowest BCUT2D eigenvalue weighted by atomic mass is 10.1. The molecule has 2 fully saturated rings. The van der Waals surface area contributed by atoms with E-state index in [-0.39, 0.29) is 35.0 Å². The number of alkyl halides is 3. The van der Waals surface area contributed by atoms with Gasteiger partial charge in [-0.05, 0) is 67.0 Å². The number of nitrogens with two attached hydrogens (primary N) is 1. The number of hydrogen-bond donors (Lipinski definition) is 2. The maximum Gasteiger partial charge on any atom is 0.417 e. The van der Waals surface area contributed by atoms with E-state index in [0.29, 0.717) is 5.56 Å². The Kier molecular flexibility index (Phi) is 5.87. The van der Waals surface area contributed by atoms with Gasteiger partial charge in [0.1, 0.15) is 28.8 Å². The molecule has 11 heteroatoms. The summed E-state index contributed by atoms with van der Waals surface area (Å²) in [7, 11) is -1.42. The van der Waals surface area contributed by atoms with Crippen LogP contribution >= 0.6 is 11.6 Å². The second kappa shape index (κ2) is 8.31. The molecule has 1 unspecified atom stereocenters. The average Bonchev–Trinajstić information content (AvgIpc) is 3.59. The van der Waals surface area contributed by atoms with E-state index in [1.54, 1.807) is 12.3 Å². The zero-order valence-electron chi connectivity index (χ0n) is 16.3. The Bertz CT molecular complexity index is 1120. The highest BCUT2D eigenvalue weighted by Gasteiger charge is 2.34. The maximum atomic E-state index is 13.1. The van der Waals surface area contributed by atoms with Gasteiger partial charge >= 0.3 is 6.18 Å². The molecule has 1 aromatic carbocycles. The highest BCUT2D eigenvalue weighted by molar-refractivity contribution is 7.84. The molecule has 4 rings (SSSR count). The Labute approximate surface area is 184 Å². The van der Waals surface area contributed by atoms with E-state index in [4.69, 9.17) is 27.5 Å². The van der Waals surface area contributed by atoms with Crippen molar-refractivity contribution in [2.45, 2.75) is 49.6 Å². The summed E-state index contributed by atoms with van der Waals surface area (Å²) in [4.78, 5) is 0. The van der Waals surface area contributed by atoms with Gasteiger partial charge in [0.25, 0.3) is 0 Å². The third kappa shape index (κ3) is 5.12. The second-order valence-corrected chi connectivity index (χ2v) is 9.45. The van der Waals surface area contributed by atoms with Crippen LogP contribution in [0.15, 0.2) is 34.9 Å². The molecule has 0 spiro atoms. The van der Waals surface area contributed by atoms with Crippen LogP contribution in [0, 0.1) is 5.41 Å². The first-order chi connectivity index (χ1) is 14.6. The largest absolute Gasteiger partial charge is 0.489 e. The van der Waals surface area contributed by atoms with Crippen molar-refractivity contribution in [2.24, 2.45) is 10.1 Å². The van der Waals surface area contributed by atoms with Crippen molar-refractivity contribution in [1.82, 2.24) is 4.57 Å². The van der Waals surface area contributed by atoms with Gasteiger partial charge in [-0.3, -0.25) is 9.98 Å².